The Morgan fingerprint density at radius 2 is 1.38 bits per heavy atom. The van der Waals surface area contributed by atoms with Gasteiger partial charge in [-0.1, -0.05) is 0 Å². The van der Waals surface area contributed by atoms with E-state index >= 15 is 0 Å². The molecule has 2 aromatic carbocycles. The number of H-pyrrole nitrogens is 3. The zero-order valence-electron chi connectivity index (χ0n) is 16.9. The van der Waals surface area contributed by atoms with Crippen LogP contribution in [0.4, 0.5) is 0 Å². The normalized spacial score (nSPS) is 11.6. The Bertz CT molecular complexity index is 1410. The molecule has 0 radical (unpaired) electrons. The van der Waals surface area contributed by atoms with Gasteiger partial charge in [0.05, 0.1) is 17.5 Å². The summed E-state index contributed by atoms with van der Waals surface area (Å²) in [5, 5.41) is 2.04. The van der Waals surface area contributed by atoms with Gasteiger partial charge in [-0.25, -0.2) is 4.98 Å². The smallest absolute Gasteiger partial charge is 0.230 e. The fourth-order valence-electron chi connectivity index (χ4n) is 3.88. The number of aromatic amines is 3. The lowest BCUT2D eigenvalue weighted by molar-refractivity contribution is 0.103. The van der Waals surface area contributed by atoms with E-state index in [1.54, 1.807) is 12.4 Å². The van der Waals surface area contributed by atoms with Crippen LogP contribution >= 0.6 is 0 Å². The Balaban J connectivity index is 1.56. The lowest BCUT2D eigenvalue weighted by Crippen LogP contribution is -2.03. The molecule has 0 unspecified atom stereocenters. The number of hydrogen-bond acceptors (Lipinski definition) is 2. The molecule has 29 heavy (non-hydrogen) atoms. The molecule has 0 atom stereocenters. The van der Waals surface area contributed by atoms with Gasteiger partial charge in [0.15, 0.2) is 5.82 Å². The number of ketones is 1. The Morgan fingerprint density at radius 1 is 0.793 bits per heavy atom. The van der Waals surface area contributed by atoms with Gasteiger partial charge < -0.3 is 15.0 Å². The molecule has 0 spiro atoms. The molecule has 0 saturated heterocycles. The third-order valence-electron chi connectivity index (χ3n) is 5.92. The number of hydrogen-bond donors (Lipinski definition) is 3. The van der Waals surface area contributed by atoms with Crippen molar-refractivity contribution in [3.05, 3.63) is 76.5 Å². The van der Waals surface area contributed by atoms with E-state index in [0.717, 1.165) is 38.6 Å². The molecule has 144 valence electrons. The molecule has 3 aromatic heterocycles. The standard InChI is InChI=1S/C24H22N4O/c1-12-5-16-18(9-25-20(16)7-14(12)3)22-11-27-24(28-22)23(29)19-10-26-21-8-15(4)13(2)6-17(19)21/h5-11,25-26H,1-4H3,(H,27,28). The third kappa shape index (κ3) is 2.70. The maximum Gasteiger partial charge on any atom is 0.230 e. The first kappa shape index (κ1) is 17.5. The summed E-state index contributed by atoms with van der Waals surface area (Å²) < 4.78 is 0. The maximum absolute atomic E-state index is 13.1. The van der Waals surface area contributed by atoms with Gasteiger partial charge in [0, 0.05) is 39.8 Å². The van der Waals surface area contributed by atoms with Crippen LogP contribution in [0.1, 0.15) is 38.4 Å². The van der Waals surface area contributed by atoms with E-state index in [1.165, 1.54) is 16.7 Å². The van der Waals surface area contributed by atoms with E-state index in [2.05, 4.69) is 71.9 Å². The Morgan fingerprint density at radius 3 is 2.10 bits per heavy atom. The average molecular weight is 382 g/mol. The second-order valence-corrected chi connectivity index (χ2v) is 7.84. The van der Waals surface area contributed by atoms with Gasteiger partial charge in [-0.3, -0.25) is 4.79 Å². The second kappa shape index (κ2) is 6.21. The molecule has 5 aromatic rings. The van der Waals surface area contributed by atoms with Gasteiger partial charge >= 0.3 is 0 Å². The van der Waals surface area contributed by atoms with Crippen LogP contribution in [0, 0.1) is 27.7 Å². The fourth-order valence-corrected chi connectivity index (χ4v) is 3.88. The van der Waals surface area contributed by atoms with Gasteiger partial charge in [0.2, 0.25) is 5.78 Å². The van der Waals surface area contributed by atoms with Crippen LogP contribution in [-0.4, -0.2) is 25.7 Å². The van der Waals surface area contributed by atoms with Crippen LogP contribution in [0.15, 0.2) is 42.9 Å². The topological polar surface area (TPSA) is 77.3 Å². The van der Waals surface area contributed by atoms with Gasteiger partial charge in [-0.15, -0.1) is 0 Å². The zero-order valence-corrected chi connectivity index (χ0v) is 16.9. The van der Waals surface area contributed by atoms with Gasteiger partial charge in [0.25, 0.3) is 0 Å². The van der Waals surface area contributed by atoms with Crippen molar-refractivity contribution in [2.75, 3.05) is 0 Å². The number of aryl methyl sites for hydroxylation is 4. The Kier molecular flexibility index (Phi) is 3.74. The van der Waals surface area contributed by atoms with E-state index in [4.69, 9.17) is 0 Å². The molecular formula is C24H22N4O. The molecule has 0 aliphatic carbocycles. The van der Waals surface area contributed by atoms with E-state index in [9.17, 15) is 4.79 Å². The van der Waals surface area contributed by atoms with Crippen LogP contribution < -0.4 is 0 Å². The lowest BCUT2D eigenvalue weighted by atomic mass is 10.0. The van der Waals surface area contributed by atoms with E-state index in [1.807, 2.05) is 6.20 Å². The van der Waals surface area contributed by atoms with Crippen LogP contribution in [0.3, 0.4) is 0 Å². The largest absolute Gasteiger partial charge is 0.360 e. The van der Waals surface area contributed by atoms with E-state index < -0.39 is 0 Å². The molecule has 0 fully saturated rings. The van der Waals surface area contributed by atoms with Crippen molar-refractivity contribution in [2.45, 2.75) is 27.7 Å². The molecule has 3 heterocycles. The number of nitrogens with zero attached hydrogens (tertiary/aromatic N) is 1. The quantitative estimate of drug-likeness (QED) is 0.360. The number of rotatable bonds is 3. The summed E-state index contributed by atoms with van der Waals surface area (Å²) in [6.07, 6.45) is 5.46. The molecule has 0 aliphatic heterocycles. The molecule has 5 heteroatoms. The predicted molar refractivity (Wildman–Crippen MR) is 117 cm³/mol. The number of nitrogens with one attached hydrogen (secondary N) is 3. The number of fused-ring (bicyclic) bond motifs is 2. The summed E-state index contributed by atoms with van der Waals surface area (Å²) >= 11 is 0. The minimum atomic E-state index is -0.113. The van der Waals surface area contributed by atoms with Crippen molar-refractivity contribution >= 4 is 27.6 Å². The van der Waals surface area contributed by atoms with Gasteiger partial charge in [-0.05, 0) is 74.2 Å². The van der Waals surface area contributed by atoms with Crippen molar-refractivity contribution in [1.82, 2.24) is 19.9 Å². The van der Waals surface area contributed by atoms with Crippen molar-refractivity contribution < 1.29 is 4.79 Å². The number of aromatic nitrogens is 4. The third-order valence-corrected chi connectivity index (χ3v) is 5.92. The van der Waals surface area contributed by atoms with Gasteiger partial charge in [-0.2, -0.15) is 0 Å². The zero-order chi connectivity index (χ0) is 20.3. The minimum Gasteiger partial charge on any atom is -0.360 e. The number of carbonyl (C=O) groups excluding carboxylic acids is 1. The average Bonchev–Trinajstić information content (AvgIpc) is 3.41. The first-order valence-electron chi connectivity index (χ1n) is 9.69. The molecule has 5 rings (SSSR count). The number of benzene rings is 2. The van der Waals surface area contributed by atoms with Crippen LogP contribution in [0.5, 0.6) is 0 Å². The molecule has 0 bridgehead atoms. The first-order valence-corrected chi connectivity index (χ1v) is 9.69. The molecule has 0 aliphatic rings. The van der Waals surface area contributed by atoms with Crippen LogP contribution in [0.25, 0.3) is 33.1 Å². The van der Waals surface area contributed by atoms with Crippen molar-refractivity contribution in [1.29, 1.82) is 0 Å². The summed E-state index contributed by atoms with van der Waals surface area (Å²) in [7, 11) is 0. The highest BCUT2D eigenvalue weighted by Gasteiger charge is 2.19. The monoisotopic (exact) mass is 382 g/mol. The highest BCUT2D eigenvalue weighted by molar-refractivity contribution is 6.15. The first-order chi connectivity index (χ1) is 13.9. The second-order valence-electron chi connectivity index (χ2n) is 7.84. The Hall–Kier alpha value is -3.60. The lowest BCUT2D eigenvalue weighted by Gasteiger charge is -2.02. The SMILES string of the molecule is Cc1cc2[nH]cc(C(=O)c3ncc(-c4c[nH]c5cc(C)c(C)cc45)[nH]3)c2cc1C. The van der Waals surface area contributed by atoms with Crippen molar-refractivity contribution in [2.24, 2.45) is 0 Å². The summed E-state index contributed by atoms with van der Waals surface area (Å²) in [5.74, 6) is 0.231. The van der Waals surface area contributed by atoms with Crippen molar-refractivity contribution in [3.8, 4) is 11.3 Å². The van der Waals surface area contributed by atoms with Crippen LogP contribution in [-0.2, 0) is 0 Å². The summed E-state index contributed by atoms with van der Waals surface area (Å²) in [5.41, 5.74) is 9.36. The van der Waals surface area contributed by atoms with Crippen molar-refractivity contribution in [3.63, 3.8) is 0 Å². The minimum absolute atomic E-state index is 0.113. The molecule has 5 nitrogen and oxygen atoms in total. The molecule has 0 saturated carbocycles. The summed E-state index contributed by atoms with van der Waals surface area (Å²) in [6.45, 7) is 8.34. The summed E-state index contributed by atoms with van der Waals surface area (Å²) in [6, 6.07) is 8.45. The van der Waals surface area contributed by atoms with E-state index in [0.29, 0.717) is 11.4 Å². The molecule has 0 amide bonds. The molecular weight excluding hydrogens is 360 g/mol. The highest BCUT2D eigenvalue weighted by Crippen LogP contribution is 2.30. The van der Waals surface area contributed by atoms with E-state index in [-0.39, 0.29) is 5.78 Å². The van der Waals surface area contributed by atoms with Crippen LogP contribution in [0.2, 0.25) is 0 Å². The number of imidazole rings is 1. The Labute approximate surface area is 168 Å². The molecule has 3 N–H and O–H groups in total. The maximum atomic E-state index is 13.1. The summed E-state index contributed by atoms with van der Waals surface area (Å²) in [4.78, 5) is 27.3. The fraction of sp³-hybridized carbons (Fsp3) is 0.167. The number of carbonyl (C=O) groups is 1. The van der Waals surface area contributed by atoms with Gasteiger partial charge in [0.1, 0.15) is 0 Å². The predicted octanol–water partition coefficient (Wildman–Crippen LogP) is 5.50. The highest BCUT2D eigenvalue weighted by atomic mass is 16.1.